The zero-order valence-electron chi connectivity index (χ0n) is 17.3. The van der Waals surface area contributed by atoms with E-state index < -0.39 is 5.60 Å². The minimum atomic E-state index is -0.683. The normalized spacial score (nSPS) is 21.0. The van der Waals surface area contributed by atoms with E-state index in [-0.39, 0.29) is 10.8 Å². The number of β-amino-alcohol motifs (C(OH)–C–C–N with tert-alkyl or cyclic N) is 1. The Bertz CT molecular complexity index is 787. The Kier molecular flexibility index (Phi) is 5.17. The van der Waals surface area contributed by atoms with Gasteiger partial charge in [-0.3, -0.25) is 0 Å². The summed E-state index contributed by atoms with van der Waals surface area (Å²) in [7, 11) is 0. The lowest BCUT2D eigenvalue weighted by Crippen LogP contribution is -2.33. The van der Waals surface area contributed by atoms with Crippen molar-refractivity contribution in [3.8, 4) is 17.0 Å². The van der Waals surface area contributed by atoms with Crippen LogP contribution in [0.4, 0.5) is 0 Å². The molecule has 148 valence electrons. The van der Waals surface area contributed by atoms with Crippen molar-refractivity contribution in [2.45, 2.75) is 70.8 Å². The third-order valence-corrected chi connectivity index (χ3v) is 6.12. The largest absolute Gasteiger partial charge is 0.507 e. The van der Waals surface area contributed by atoms with E-state index in [9.17, 15) is 10.2 Å². The number of aromatic hydroxyl groups is 1. The highest BCUT2D eigenvalue weighted by atomic mass is 32.1. The second kappa shape index (κ2) is 6.87. The second-order valence-corrected chi connectivity index (χ2v) is 10.8. The summed E-state index contributed by atoms with van der Waals surface area (Å²) < 4.78 is 0. The van der Waals surface area contributed by atoms with Gasteiger partial charge in [-0.25, -0.2) is 4.98 Å². The molecule has 1 fully saturated rings. The number of nitrogens with one attached hydrogen (secondary N) is 1. The number of hydrogen-bond acceptors (Lipinski definition) is 5. The minimum Gasteiger partial charge on any atom is -0.507 e. The van der Waals surface area contributed by atoms with Crippen LogP contribution in [0.3, 0.4) is 0 Å². The first-order valence-corrected chi connectivity index (χ1v) is 10.5. The van der Waals surface area contributed by atoms with E-state index in [4.69, 9.17) is 4.98 Å². The molecule has 27 heavy (non-hydrogen) atoms. The van der Waals surface area contributed by atoms with Crippen molar-refractivity contribution in [1.82, 2.24) is 10.3 Å². The molecule has 4 nitrogen and oxygen atoms in total. The Hall–Kier alpha value is -1.43. The van der Waals surface area contributed by atoms with Crippen LogP contribution >= 0.6 is 11.3 Å². The highest BCUT2D eigenvalue weighted by Crippen LogP contribution is 2.42. The average molecular weight is 389 g/mol. The number of aliphatic hydroxyl groups is 1. The van der Waals surface area contributed by atoms with Crippen LogP contribution < -0.4 is 5.32 Å². The molecule has 0 amide bonds. The third kappa shape index (κ3) is 4.36. The highest BCUT2D eigenvalue weighted by Gasteiger charge is 2.32. The molecule has 2 aromatic rings. The van der Waals surface area contributed by atoms with Crippen molar-refractivity contribution in [2.24, 2.45) is 0 Å². The van der Waals surface area contributed by atoms with Crippen molar-refractivity contribution < 1.29 is 10.2 Å². The maximum Gasteiger partial charge on any atom is 0.123 e. The lowest BCUT2D eigenvalue weighted by Gasteiger charge is -2.28. The quantitative estimate of drug-likeness (QED) is 0.730. The summed E-state index contributed by atoms with van der Waals surface area (Å²) in [6, 6.07) is 4.13. The summed E-state index contributed by atoms with van der Waals surface area (Å²) in [6.45, 7) is 14.2. The number of nitrogens with zero attached hydrogens (tertiary/aromatic N) is 1. The van der Waals surface area contributed by atoms with E-state index in [2.05, 4.69) is 64.4 Å². The van der Waals surface area contributed by atoms with E-state index in [1.54, 1.807) is 11.3 Å². The fraction of sp³-hybridized carbons (Fsp3) is 0.591. The van der Waals surface area contributed by atoms with Crippen molar-refractivity contribution in [3.05, 3.63) is 33.6 Å². The van der Waals surface area contributed by atoms with Gasteiger partial charge in [0.1, 0.15) is 5.75 Å². The zero-order valence-corrected chi connectivity index (χ0v) is 18.1. The molecule has 2 heterocycles. The summed E-state index contributed by atoms with van der Waals surface area (Å²) in [4.78, 5) is 4.81. The number of rotatable bonds is 3. The van der Waals surface area contributed by atoms with Crippen LogP contribution in [0.15, 0.2) is 17.5 Å². The van der Waals surface area contributed by atoms with Crippen LogP contribution in [-0.4, -0.2) is 33.9 Å². The molecule has 1 aliphatic rings. The van der Waals surface area contributed by atoms with Gasteiger partial charge in [-0.05, 0) is 35.9 Å². The zero-order chi connectivity index (χ0) is 20.0. The second-order valence-electron chi connectivity index (χ2n) is 9.87. The molecule has 0 spiro atoms. The minimum absolute atomic E-state index is 0.163. The molecule has 5 heteroatoms. The molecule has 1 saturated heterocycles. The Morgan fingerprint density at radius 2 is 1.70 bits per heavy atom. The molecule has 1 aromatic heterocycles. The van der Waals surface area contributed by atoms with Crippen molar-refractivity contribution in [2.75, 3.05) is 13.1 Å². The van der Waals surface area contributed by atoms with Crippen LogP contribution in [-0.2, 0) is 17.3 Å². The highest BCUT2D eigenvalue weighted by molar-refractivity contribution is 7.10. The fourth-order valence-corrected chi connectivity index (χ4v) is 4.55. The number of phenolic OH excluding ortho intramolecular Hbond substituents is 1. The molecular formula is C22H32N2O2S. The predicted molar refractivity (Wildman–Crippen MR) is 113 cm³/mol. The fourth-order valence-electron chi connectivity index (χ4n) is 3.61. The van der Waals surface area contributed by atoms with Crippen molar-refractivity contribution >= 4 is 11.3 Å². The van der Waals surface area contributed by atoms with E-state index in [0.29, 0.717) is 18.7 Å². The summed E-state index contributed by atoms with van der Waals surface area (Å²) in [5, 5.41) is 27.8. The summed E-state index contributed by atoms with van der Waals surface area (Å²) in [5.41, 5.74) is 2.82. The van der Waals surface area contributed by atoms with Gasteiger partial charge in [0, 0.05) is 35.0 Å². The number of phenols is 1. The monoisotopic (exact) mass is 388 g/mol. The molecule has 1 atom stereocenters. The Balaban J connectivity index is 2.01. The number of aromatic nitrogens is 1. The smallest absolute Gasteiger partial charge is 0.123 e. The molecule has 0 unspecified atom stereocenters. The Labute approximate surface area is 166 Å². The van der Waals surface area contributed by atoms with Crippen LogP contribution in [0.25, 0.3) is 11.3 Å². The molecule has 0 bridgehead atoms. The molecular weight excluding hydrogens is 356 g/mol. The lowest BCUT2D eigenvalue weighted by atomic mass is 9.78. The van der Waals surface area contributed by atoms with E-state index in [1.807, 2.05) is 0 Å². The van der Waals surface area contributed by atoms with Crippen molar-refractivity contribution in [1.29, 1.82) is 0 Å². The van der Waals surface area contributed by atoms with E-state index in [1.165, 1.54) is 0 Å². The molecule has 0 radical (unpaired) electrons. The van der Waals surface area contributed by atoms with E-state index >= 15 is 0 Å². The van der Waals surface area contributed by atoms with Crippen molar-refractivity contribution in [3.63, 3.8) is 0 Å². The van der Waals surface area contributed by atoms with Crippen LogP contribution in [0, 0.1) is 0 Å². The van der Waals surface area contributed by atoms with Gasteiger partial charge in [0.05, 0.1) is 16.3 Å². The maximum absolute atomic E-state index is 10.9. The van der Waals surface area contributed by atoms with Gasteiger partial charge in [0.2, 0.25) is 0 Å². The summed E-state index contributed by atoms with van der Waals surface area (Å²) in [5.74, 6) is 0.389. The number of hydrogen-bond donors (Lipinski definition) is 3. The van der Waals surface area contributed by atoms with Crippen LogP contribution in [0.2, 0.25) is 0 Å². The Morgan fingerprint density at radius 1 is 1.11 bits per heavy atom. The number of thiazole rings is 1. The molecule has 3 rings (SSSR count). The maximum atomic E-state index is 10.9. The predicted octanol–water partition coefficient (Wildman–Crippen LogP) is 4.38. The van der Waals surface area contributed by atoms with Gasteiger partial charge in [0.15, 0.2) is 0 Å². The lowest BCUT2D eigenvalue weighted by molar-refractivity contribution is 0.0618. The molecule has 3 N–H and O–H groups in total. The third-order valence-electron chi connectivity index (χ3n) is 5.27. The first-order valence-electron chi connectivity index (χ1n) is 9.65. The van der Waals surface area contributed by atoms with Crippen LogP contribution in [0.1, 0.15) is 64.1 Å². The average Bonchev–Trinajstić information content (AvgIpc) is 3.15. The first-order chi connectivity index (χ1) is 12.4. The molecule has 0 saturated carbocycles. The van der Waals surface area contributed by atoms with Gasteiger partial charge in [-0.15, -0.1) is 11.3 Å². The van der Waals surface area contributed by atoms with Gasteiger partial charge in [-0.2, -0.15) is 0 Å². The molecule has 1 aliphatic heterocycles. The van der Waals surface area contributed by atoms with Gasteiger partial charge < -0.3 is 15.5 Å². The van der Waals surface area contributed by atoms with Gasteiger partial charge >= 0.3 is 0 Å². The molecule has 1 aromatic carbocycles. The first kappa shape index (κ1) is 20.3. The standard InChI is InChI=1S/C22H32N2O2S/c1-20(2,3)15-9-14(10-16(19(15)25)21(4,5)6)17-12-27-18(24-17)11-22(26)7-8-23-13-22/h9-10,12,23,25-26H,7-8,11,13H2,1-6H3/t22-/m0/s1. The molecule has 0 aliphatic carbocycles. The van der Waals surface area contributed by atoms with Crippen LogP contribution in [0.5, 0.6) is 5.75 Å². The summed E-state index contributed by atoms with van der Waals surface area (Å²) >= 11 is 1.60. The van der Waals surface area contributed by atoms with Gasteiger partial charge in [0.25, 0.3) is 0 Å². The van der Waals surface area contributed by atoms with Gasteiger partial charge in [-0.1, -0.05) is 41.5 Å². The summed E-state index contributed by atoms with van der Waals surface area (Å²) in [6.07, 6.45) is 1.35. The Morgan fingerprint density at radius 3 is 2.19 bits per heavy atom. The number of benzene rings is 1. The van der Waals surface area contributed by atoms with E-state index in [0.717, 1.165) is 40.4 Å². The topological polar surface area (TPSA) is 65.4 Å². The SMILES string of the molecule is CC(C)(C)c1cc(-c2csc(C[C@@]3(O)CCNC3)n2)cc(C(C)(C)C)c1O.